The minimum absolute atomic E-state index is 0.0179. The number of hydrogen-bond acceptors (Lipinski definition) is 1. The number of hydrogen-bond donors (Lipinski definition) is 0. The van der Waals surface area contributed by atoms with Crippen LogP contribution in [0.15, 0.2) is 186 Å². The van der Waals surface area contributed by atoms with Gasteiger partial charge in [-0.15, -0.1) is 0 Å². The quantitative estimate of drug-likeness (QED) is 0.169. The predicted molar refractivity (Wildman–Crippen MR) is 212 cm³/mol. The smallest absolute Gasteiger partial charge is 0.136 e. The van der Waals surface area contributed by atoms with Crippen LogP contribution in [0.1, 0.15) is 28.9 Å². The molecule has 0 radical (unpaired) electrons. The van der Waals surface area contributed by atoms with Gasteiger partial charge < -0.3 is 4.42 Å². The molecule has 0 atom stereocenters. The molecule has 0 aliphatic carbocycles. The lowest BCUT2D eigenvalue weighted by molar-refractivity contribution is 0.669. The Hall–Kier alpha value is -6.44. The second-order valence-electron chi connectivity index (χ2n) is 12.2. The van der Waals surface area contributed by atoms with Crippen LogP contribution in [0.25, 0.3) is 87.6 Å². The van der Waals surface area contributed by atoms with Gasteiger partial charge in [0, 0.05) is 10.8 Å². The fourth-order valence-corrected chi connectivity index (χ4v) is 7.25. The van der Waals surface area contributed by atoms with Crippen molar-refractivity contribution in [2.75, 3.05) is 0 Å². The summed E-state index contributed by atoms with van der Waals surface area (Å²) in [4.78, 5) is 0. The Morgan fingerprint density at radius 1 is 0.440 bits per heavy atom. The highest BCUT2D eigenvalue weighted by Gasteiger charge is 2.18. The van der Waals surface area contributed by atoms with Crippen molar-refractivity contribution in [1.29, 1.82) is 0 Å². The molecular weight excluding hydrogens is 605 g/mol. The van der Waals surface area contributed by atoms with E-state index in [-0.39, 0.29) is 38.2 Å². The summed E-state index contributed by atoms with van der Waals surface area (Å²) in [5.74, 6) is 0. The zero-order chi connectivity index (χ0) is 44.3. The molecule has 0 amide bonds. The zero-order valence-corrected chi connectivity index (χ0v) is 26.4. The summed E-state index contributed by atoms with van der Waals surface area (Å²) in [6, 6.07) is 26.3. The van der Waals surface area contributed by atoms with Gasteiger partial charge in [-0.05, 0) is 108 Å². The molecule has 0 saturated heterocycles. The van der Waals surface area contributed by atoms with Gasteiger partial charge in [0.05, 0.1) is 17.8 Å². The molecule has 234 valence electrons. The van der Waals surface area contributed by atoms with E-state index >= 15 is 0 Å². The first-order valence-electron chi connectivity index (χ1n) is 22.7. The molecule has 1 nitrogen and oxygen atoms in total. The second kappa shape index (κ2) is 11.6. The van der Waals surface area contributed by atoms with Crippen LogP contribution in [-0.4, -0.2) is 0 Å². The van der Waals surface area contributed by atoms with Crippen LogP contribution < -0.4 is 0 Å². The van der Waals surface area contributed by atoms with E-state index in [1.165, 1.54) is 0 Å². The average Bonchev–Trinajstić information content (AvgIpc) is 3.69. The Morgan fingerprint density at radius 2 is 1.08 bits per heavy atom. The van der Waals surface area contributed by atoms with E-state index in [1.807, 2.05) is 54.6 Å². The summed E-state index contributed by atoms with van der Waals surface area (Å²) >= 11 is 0. The Kier molecular flexibility index (Phi) is 4.26. The Labute approximate surface area is 308 Å². The summed E-state index contributed by atoms with van der Waals surface area (Å²) in [5, 5.41) is 3.87. The van der Waals surface area contributed by atoms with Crippen molar-refractivity contribution in [3.05, 3.63) is 193 Å². The zero-order valence-electron chi connectivity index (χ0n) is 39.4. The topological polar surface area (TPSA) is 13.1 Å². The minimum atomic E-state index is -0.618. The van der Waals surface area contributed by atoms with Crippen LogP contribution in [0.3, 0.4) is 0 Å². The van der Waals surface area contributed by atoms with Crippen molar-refractivity contribution in [3.8, 4) is 33.4 Å². The molecule has 0 N–H and O–H groups in total. The lowest BCUT2D eigenvalue weighted by Crippen LogP contribution is -1.95. The standard InChI is InChI=1S/C49H32O/c1-2-13-32(14-3-1)29-45-39-20-6-8-22-41(39)48(42-23-9-7-21-40(42)45)36-18-10-17-34(30-36)35-27-28-44-47(31-35)50-46-26-12-25-43(49(44)46)38-24-11-16-33-15-4-5-19-37(33)38/h1-28,30-31H,29H2/i1D,2D,3D,6D,7D,8D,9D,13D,14D,20D,21D,22D,23D. The Morgan fingerprint density at radius 3 is 1.90 bits per heavy atom. The molecular formula is C49H32O. The van der Waals surface area contributed by atoms with E-state index in [9.17, 15) is 5.48 Å². The van der Waals surface area contributed by atoms with Crippen molar-refractivity contribution in [2.45, 2.75) is 6.42 Å². The molecule has 0 saturated carbocycles. The Bertz CT molecular complexity index is 3530. The second-order valence-corrected chi connectivity index (χ2v) is 12.2. The van der Waals surface area contributed by atoms with E-state index in [0.29, 0.717) is 22.3 Å². The molecule has 9 aromatic carbocycles. The van der Waals surface area contributed by atoms with Crippen LogP contribution in [0, 0.1) is 0 Å². The molecule has 1 aromatic heterocycles. The van der Waals surface area contributed by atoms with Crippen molar-refractivity contribution < 1.29 is 22.2 Å². The molecule has 0 unspecified atom stereocenters. The van der Waals surface area contributed by atoms with E-state index < -0.39 is 85.0 Å². The molecule has 0 fully saturated rings. The average molecular weight is 650 g/mol. The van der Waals surface area contributed by atoms with Crippen LogP contribution in [0.5, 0.6) is 0 Å². The number of rotatable bonds is 5. The molecule has 1 heterocycles. The monoisotopic (exact) mass is 649 g/mol. The predicted octanol–water partition coefficient (Wildman–Crippen LogP) is 13.6. The van der Waals surface area contributed by atoms with Crippen LogP contribution in [-0.2, 0) is 6.42 Å². The van der Waals surface area contributed by atoms with Gasteiger partial charge in [0.15, 0.2) is 0 Å². The molecule has 1 heteroatoms. The molecule has 10 rings (SSSR count). The van der Waals surface area contributed by atoms with Crippen LogP contribution in [0.4, 0.5) is 0 Å². The largest absolute Gasteiger partial charge is 0.456 e. The normalized spacial score (nSPS) is 15.3. The van der Waals surface area contributed by atoms with E-state index in [0.717, 1.165) is 38.2 Å². The van der Waals surface area contributed by atoms with E-state index in [4.69, 9.17) is 16.8 Å². The van der Waals surface area contributed by atoms with E-state index in [1.54, 1.807) is 18.2 Å². The highest BCUT2D eigenvalue weighted by Crippen LogP contribution is 2.43. The summed E-state index contributed by atoms with van der Waals surface area (Å²) in [7, 11) is 0. The third kappa shape index (κ3) is 4.63. The lowest BCUT2D eigenvalue weighted by Gasteiger charge is -2.18. The molecule has 0 aliphatic heterocycles. The van der Waals surface area contributed by atoms with Crippen LogP contribution in [0.2, 0.25) is 0 Å². The van der Waals surface area contributed by atoms with Crippen molar-refractivity contribution in [3.63, 3.8) is 0 Å². The van der Waals surface area contributed by atoms with Crippen molar-refractivity contribution in [1.82, 2.24) is 0 Å². The molecule has 10 aromatic rings. The van der Waals surface area contributed by atoms with Crippen molar-refractivity contribution >= 4 is 54.3 Å². The fraction of sp³-hybridized carbons (Fsp3) is 0.0204. The maximum absolute atomic E-state index is 9.30. The first kappa shape index (κ1) is 18.4. The van der Waals surface area contributed by atoms with Crippen LogP contribution >= 0.6 is 0 Å². The summed E-state index contributed by atoms with van der Waals surface area (Å²) in [5.41, 5.74) is 5.22. The SMILES string of the molecule is [2H]c1c([2H])c([2H])c(Cc2c3c([2H])c([2H])c([2H])c([2H])c3c(-c3cccc(-c4ccc5c(c4)oc4cccc(-c6cccc7ccccc67)c45)c3)c3c([2H])c([2H])c([2H])c([2H])c23)c([2H])c1[2H]. The summed E-state index contributed by atoms with van der Waals surface area (Å²) in [6.45, 7) is 0. The molecule has 0 aliphatic rings. The fourth-order valence-electron chi connectivity index (χ4n) is 7.25. The molecule has 0 spiro atoms. The number of furan rings is 1. The lowest BCUT2D eigenvalue weighted by atomic mass is 9.86. The minimum Gasteiger partial charge on any atom is -0.456 e. The third-order valence-electron chi connectivity index (χ3n) is 9.45. The maximum Gasteiger partial charge on any atom is 0.136 e. The molecule has 0 bridgehead atoms. The van der Waals surface area contributed by atoms with Gasteiger partial charge in [-0.25, -0.2) is 0 Å². The Balaban J connectivity index is 1.23. The van der Waals surface area contributed by atoms with Gasteiger partial charge in [-0.2, -0.15) is 0 Å². The number of benzene rings is 9. The third-order valence-corrected chi connectivity index (χ3v) is 9.45. The first-order chi connectivity index (χ1) is 30.2. The first-order valence-corrected chi connectivity index (χ1v) is 16.2. The highest BCUT2D eigenvalue weighted by atomic mass is 16.3. The van der Waals surface area contributed by atoms with Gasteiger partial charge in [-0.3, -0.25) is 0 Å². The maximum atomic E-state index is 9.30. The van der Waals surface area contributed by atoms with Gasteiger partial charge in [0.1, 0.15) is 11.2 Å². The summed E-state index contributed by atoms with van der Waals surface area (Å²) in [6.07, 6.45) is -0.493. The molecule has 50 heavy (non-hydrogen) atoms. The summed E-state index contributed by atoms with van der Waals surface area (Å²) < 4.78 is 121. The van der Waals surface area contributed by atoms with Gasteiger partial charge >= 0.3 is 0 Å². The number of fused-ring (bicyclic) bond motifs is 6. The van der Waals surface area contributed by atoms with E-state index in [2.05, 4.69) is 30.3 Å². The highest BCUT2D eigenvalue weighted by molar-refractivity contribution is 6.17. The van der Waals surface area contributed by atoms with Crippen molar-refractivity contribution in [2.24, 2.45) is 0 Å². The van der Waals surface area contributed by atoms with Gasteiger partial charge in [0.2, 0.25) is 0 Å². The van der Waals surface area contributed by atoms with Gasteiger partial charge in [-0.1, -0.05) is 157 Å². The van der Waals surface area contributed by atoms with Gasteiger partial charge in [0.25, 0.3) is 0 Å².